The van der Waals surface area contributed by atoms with Crippen LogP contribution in [0.5, 0.6) is 0 Å². The predicted molar refractivity (Wildman–Crippen MR) is 84.9 cm³/mol. The molecule has 0 unspecified atom stereocenters. The summed E-state index contributed by atoms with van der Waals surface area (Å²) in [5.41, 5.74) is 2.38. The molecule has 1 aromatic heterocycles. The third kappa shape index (κ3) is 4.03. The molecule has 5 heteroatoms. The first-order chi connectivity index (χ1) is 9.95. The topological polar surface area (TPSA) is 66.4 Å². The van der Waals surface area contributed by atoms with Gasteiger partial charge in [0.1, 0.15) is 0 Å². The number of carboxylic acids is 1. The highest BCUT2D eigenvalue weighted by Crippen LogP contribution is 2.21. The number of aliphatic carboxylic acids is 1. The zero-order chi connectivity index (χ0) is 15.4. The third-order valence-electron chi connectivity index (χ3n) is 2.88. The molecule has 2 aromatic rings. The Balaban J connectivity index is 2.14. The van der Waals surface area contributed by atoms with Crippen LogP contribution < -0.4 is 5.32 Å². The van der Waals surface area contributed by atoms with Gasteiger partial charge in [-0.1, -0.05) is 6.07 Å². The molecule has 0 atom stereocenters. The number of nitrogens with one attached hydrogen (secondary N) is 1. The average molecular weight is 301 g/mol. The van der Waals surface area contributed by atoms with E-state index < -0.39 is 5.97 Å². The highest BCUT2D eigenvalue weighted by atomic mass is 32.1. The minimum absolute atomic E-state index is 0.134. The molecular weight excluding hydrogens is 286 g/mol. The van der Waals surface area contributed by atoms with Gasteiger partial charge in [-0.3, -0.25) is 4.79 Å². The second kappa shape index (κ2) is 6.37. The molecule has 0 radical (unpaired) electrons. The summed E-state index contributed by atoms with van der Waals surface area (Å²) in [6.45, 7) is 3.82. The van der Waals surface area contributed by atoms with Crippen molar-refractivity contribution in [2.24, 2.45) is 0 Å². The lowest BCUT2D eigenvalue weighted by Gasteiger charge is -2.08. The van der Waals surface area contributed by atoms with Crippen molar-refractivity contribution in [3.63, 3.8) is 0 Å². The minimum atomic E-state index is -0.988. The van der Waals surface area contributed by atoms with Gasteiger partial charge in [-0.2, -0.15) is 0 Å². The Hall–Kier alpha value is -2.40. The van der Waals surface area contributed by atoms with Crippen LogP contribution in [0.15, 0.2) is 36.4 Å². The molecule has 1 aromatic carbocycles. The fraction of sp³-hybridized carbons (Fsp3) is 0.125. The molecule has 0 saturated heterocycles. The molecular formula is C16H15NO3S. The van der Waals surface area contributed by atoms with Crippen LogP contribution in [0, 0.1) is 13.8 Å². The fourth-order valence-electron chi connectivity index (χ4n) is 1.84. The lowest BCUT2D eigenvalue weighted by atomic mass is 10.1. The van der Waals surface area contributed by atoms with Gasteiger partial charge in [0.25, 0.3) is 5.91 Å². The molecule has 0 aliphatic heterocycles. The van der Waals surface area contributed by atoms with Crippen LogP contribution in [0.3, 0.4) is 0 Å². The highest BCUT2D eigenvalue weighted by Gasteiger charge is 2.09. The lowest BCUT2D eigenvalue weighted by Crippen LogP contribution is -2.11. The first-order valence-corrected chi connectivity index (χ1v) is 7.17. The monoisotopic (exact) mass is 301 g/mol. The van der Waals surface area contributed by atoms with Gasteiger partial charge in [0.05, 0.1) is 4.88 Å². The number of amides is 1. The molecule has 4 nitrogen and oxygen atoms in total. The number of thiophene rings is 1. The molecule has 0 aliphatic carbocycles. The van der Waals surface area contributed by atoms with Crippen molar-refractivity contribution < 1.29 is 14.7 Å². The Labute approximate surface area is 126 Å². The Kier molecular flexibility index (Phi) is 4.55. The molecule has 108 valence electrons. The minimum Gasteiger partial charge on any atom is -0.478 e. The number of benzene rings is 1. The summed E-state index contributed by atoms with van der Waals surface area (Å²) in [5.74, 6) is -1.12. The van der Waals surface area contributed by atoms with E-state index in [2.05, 4.69) is 5.32 Å². The SMILES string of the molecule is Cc1ccc(C(=O)Nc2ccc(C=CC(=O)O)cc2C)s1. The second-order valence-corrected chi connectivity index (χ2v) is 5.90. The quantitative estimate of drug-likeness (QED) is 0.846. The van der Waals surface area contributed by atoms with Gasteiger partial charge in [-0.25, -0.2) is 4.79 Å². The van der Waals surface area contributed by atoms with E-state index in [-0.39, 0.29) is 5.91 Å². The van der Waals surface area contributed by atoms with Crippen LogP contribution in [-0.4, -0.2) is 17.0 Å². The van der Waals surface area contributed by atoms with Crippen LogP contribution in [0.2, 0.25) is 0 Å². The molecule has 21 heavy (non-hydrogen) atoms. The molecule has 0 spiro atoms. The smallest absolute Gasteiger partial charge is 0.328 e. The zero-order valence-electron chi connectivity index (χ0n) is 11.7. The van der Waals surface area contributed by atoms with E-state index in [0.717, 1.165) is 27.8 Å². The van der Waals surface area contributed by atoms with Crippen LogP contribution >= 0.6 is 11.3 Å². The first-order valence-electron chi connectivity index (χ1n) is 6.35. The Morgan fingerprint density at radius 2 is 1.95 bits per heavy atom. The van der Waals surface area contributed by atoms with Gasteiger partial charge in [-0.05, 0) is 55.3 Å². The Morgan fingerprint density at radius 3 is 2.52 bits per heavy atom. The molecule has 0 bridgehead atoms. The fourth-order valence-corrected chi connectivity index (χ4v) is 2.60. The van der Waals surface area contributed by atoms with Crippen LogP contribution in [-0.2, 0) is 4.79 Å². The number of anilines is 1. The maximum absolute atomic E-state index is 12.1. The summed E-state index contributed by atoms with van der Waals surface area (Å²) in [6, 6.07) is 9.08. The van der Waals surface area contributed by atoms with Crippen molar-refractivity contribution in [1.29, 1.82) is 0 Å². The third-order valence-corrected chi connectivity index (χ3v) is 3.88. The van der Waals surface area contributed by atoms with Crippen molar-refractivity contribution in [1.82, 2.24) is 0 Å². The van der Waals surface area contributed by atoms with Crippen LogP contribution in [0.4, 0.5) is 5.69 Å². The first kappa shape index (κ1) is 15.0. The number of carboxylic acid groups (broad SMARTS) is 1. The predicted octanol–water partition coefficient (Wildman–Crippen LogP) is 3.72. The summed E-state index contributed by atoms with van der Waals surface area (Å²) in [7, 11) is 0. The maximum Gasteiger partial charge on any atom is 0.328 e. The zero-order valence-corrected chi connectivity index (χ0v) is 12.5. The molecule has 2 N–H and O–H groups in total. The molecule has 0 aliphatic rings. The van der Waals surface area contributed by atoms with Gasteiger partial charge >= 0.3 is 5.97 Å². The lowest BCUT2D eigenvalue weighted by molar-refractivity contribution is -0.131. The van der Waals surface area contributed by atoms with E-state index in [9.17, 15) is 9.59 Å². The van der Waals surface area contributed by atoms with Gasteiger partial charge in [-0.15, -0.1) is 11.3 Å². The summed E-state index contributed by atoms with van der Waals surface area (Å²) >= 11 is 1.45. The van der Waals surface area contributed by atoms with E-state index in [1.807, 2.05) is 26.0 Å². The average Bonchev–Trinajstić information content (AvgIpc) is 2.86. The van der Waals surface area contributed by atoms with Gasteiger partial charge < -0.3 is 10.4 Å². The van der Waals surface area contributed by atoms with E-state index in [4.69, 9.17) is 5.11 Å². The number of carbonyl (C=O) groups excluding carboxylic acids is 1. The summed E-state index contributed by atoms with van der Waals surface area (Å²) < 4.78 is 0. The molecule has 1 amide bonds. The summed E-state index contributed by atoms with van der Waals surface area (Å²) in [6.07, 6.45) is 2.60. The number of carbonyl (C=O) groups is 2. The van der Waals surface area contributed by atoms with Crippen molar-refractivity contribution in [3.8, 4) is 0 Å². The largest absolute Gasteiger partial charge is 0.478 e. The normalized spacial score (nSPS) is 10.8. The van der Waals surface area contributed by atoms with Gasteiger partial charge in [0.2, 0.25) is 0 Å². The van der Waals surface area contributed by atoms with Crippen molar-refractivity contribution >= 4 is 35.0 Å². The molecule has 0 saturated carbocycles. The molecule has 0 fully saturated rings. The Bertz CT molecular complexity index is 716. The number of rotatable bonds is 4. The second-order valence-electron chi connectivity index (χ2n) is 4.61. The molecule has 1 heterocycles. The number of hydrogen-bond acceptors (Lipinski definition) is 3. The van der Waals surface area contributed by atoms with Gasteiger partial charge in [0, 0.05) is 16.6 Å². The van der Waals surface area contributed by atoms with E-state index in [0.29, 0.717) is 4.88 Å². The Morgan fingerprint density at radius 1 is 1.19 bits per heavy atom. The maximum atomic E-state index is 12.1. The molecule has 2 rings (SSSR count). The van der Waals surface area contributed by atoms with Crippen molar-refractivity contribution in [3.05, 3.63) is 57.3 Å². The summed E-state index contributed by atoms with van der Waals surface area (Å²) in [4.78, 5) is 24.3. The highest BCUT2D eigenvalue weighted by molar-refractivity contribution is 7.14. The van der Waals surface area contributed by atoms with E-state index in [1.165, 1.54) is 17.4 Å². The van der Waals surface area contributed by atoms with Gasteiger partial charge in [0.15, 0.2) is 0 Å². The number of aryl methyl sites for hydroxylation is 2. The van der Waals surface area contributed by atoms with Crippen LogP contribution in [0.25, 0.3) is 6.08 Å². The van der Waals surface area contributed by atoms with Crippen molar-refractivity contribution in [2.45, 2.75) is 13.8 Å². The summed E-state index contributed by atoms with van der Waals surface area (Å²) in [5, 5.41) is 11.5. The van der Waals surface area contributed by atoms with Crippen molar-refractivity contribution in [2.75, 3.05) is 5.32 Å². The van der Waals surface area contributed by atoms with E-state index in [1.54, 1.807) is 18.2 Å². The number of hydrogen-bond donors (Lipinski definition) is 2. The van der Waals surface area contributed by atoms with E-state index >= 15 is 0 Å². The van der Waals surface area contributed by atoms with Crippen LogP contribution in [0.1, 0.15) is 25.7 Å². The standard InChI is InChI=1S/C16H15NO3S/c1-10-9-12(5-8-15(18)19)4-6-13(10)17-16(20)14-7-3-11(2)21-14/h3-9H,1-2H3,(H,17,20)(H,18,19).